The van der Waals surface area contributed by atoms with Crippen molar-refractivity contribution < 1.29 is 9.47 Å². The Morgan fingerprint density at radius 3 is 2.37 bits per heavy atom. The highest BCUT2D eigenvalue weighted by Gasteiger charge is 2.22. The standard InChI is InChI=1S/C14H30N2O2S/c1-12(11-18-5)16(9-10-17-4)8-6-7-14(2,3)13(15)19/h12H,6-11H2,1-5H3,(H2,15,19). The van der Waals surface area contributed by atoms with Gasteiger partial charge in [0.15, 0.2) is 0 Å². The molecular weight excluding hydrogens is 260 g/mol. The molecule has 0 aromatic rings. The SMILES string of the molecule is COCCN(CCCC(C)(C)C(N)=S)C(C)COC. The van der Waals surface area contributed by atoms with Crippen molar-refractivity contribution in [2.24, 2.45) is 11.1 Å². The molecule has 0 fully saturated rings. The van der Waals surface area contributed by atoms with E-state index in [1.54, 1.807) is 14.2 Å². The van der Waals surface area contributed by atoms with Crippen LogP contribution in [0.15, 0.2) is 0 Å². The van der Waals surface area contributed by atoms with Gasteiger partial charge in [0, 0.05) is 32.2 Å². The van der Waals surface area contributed by atoms with Crippen LogP contribution in [0.3, 0.4) is 0 Å². The Bertz CT molecular complexity index is 260. The van der Waals surface area contributed by atoms with Crippen molar-refractivity contribution in [1.29, 1.82) is 0 Å². The lowest BCUT2D eigenvalue weighted by atomic mass is 9.88. The fraction of sp³-hybridized carbons (Fsp3) is 0.929. The van der Waals surface area contributed by atoms with Crippen LogP contribution in [0, 0.1) is 5.41 Å². The summed E-state index contributed by atoms with van der Waals surface area (Å²) in [6.07, 6.45) is 2.08. The zero-order chi connectivity index (χ0) is 14.9. The molecule has 0 bridgehead atoms. The minimum atomic E-state index is -0.0627. The second-order valence-corrected chi connectivity index (χ2v) is 6.12. The van der Waals surface area contributed by atoms with Crippen LogP contribution < -0.4 is 5.73 Å². The first kappa shape index (κ1) is 18.8. The highest BCUT2D eigenvalue weighted by molar-refractivity contribution is 7.80. The average molecular weight is 290 g/mol. The van der Waals surface area contributed by atoms with Gasteiger partial charge >= 0.3 is 0 Å². The van der Waals surface area contributed by atoms with E-state index < -0.39 is 0 Å². The lowest BCUT2D eigenvalue weighted by Gasteiger charge is -2.30. The molecule has 1 unspecified atom stereocenters. The first-order valence-electron chi connectivity index (χ1n) is 6.87. The molecule has 19 heavy (non-hydrogen) atoms. The number of hydrogen-bond donors (Lipinski definition) is 1. The Kier molecular flexibility index (Phi) is 9.52. The Balaban J connectivity index is 4.21. The molecule has 0 radical (unpaired) electrons. The molecule has 0 rings (SSSR count). The minimum absolute atomic E-state index is 0.0627. The number of ether oxygens (including phenoxy) is 2. The van der Waals surface area contributed by atoms with Crippen LogP contribution in [0.1, 0.15) is 33.6 Å². The Morgan fingerprint density at radius 1 is 1.26 bits per heavy atom. The van der Waals surface area contributed by atoms with Crippen molar-refractivity contribution in [2.45, 2.75) is 39.7 Å². The summed E-state index contributed by atoms with van der Waals surface area (Å²) >= 11 is 5.10. The number of methoxy groups -OCH3 is 2. The average Bonchev–Trinajstić information content (AvgIpc) is 2.33. The highest BCUT2D eigenvalue weighted by atomic mass is 32.1. The summed E-state index contributed by atoms with van der Waals surface area (Å²) in [5, 5.41) is 0. The number of hydrogen-bond acceptors (Lipinski definition) is 4. The van der Waals surface area contributed by atoms with E-state index >= 15 is 0 Å². The molecule has 1 atom stereocenters. The van der Waals surface area contributed by atoms with Crippen molar-refractivity contribution >= 4 is 17.2 Å². The third kappa shape index (κ3) is 7.82. The molecule has 0 spiro atoms. The van der Waals surface area contributed by atoms with E-state index in [0.29, 0.717) is 11.0 Å². The van der Waals surface area contributed by atoms with Gasteiger partial charge in [-0.05, 0) is 26.3 Å². The molecule has 0 aliphatic heterocycles. The maximum absolute atomic E-state index is 5.75. The molecule has 0 heterocycles. The fourth-order valence-corrected chi connectivity index (χ4v) is 2.06. The quantitative estimate of drug-likeness (QED) is 0.590. The molecule has 0 saturated heterocycles. The summed E-state index contributed by atoms with van der Waals surface area (Å²) in [4.78, 5) is 2.99. The number of nitrogens with zero attached hydrogens (tertiary/aromatic N) is 1. The maximum Gasteiger partial charge on any atom is 0.0784 e. The fourth-order valence-electron chi connectivity index (χ4n) is 1.96. The molecule has 114 valence electrons. The summed E-state index contributed by atoms with van der Waals surface area (Å²) < 4.78 is 10.4. The summed E-state index contributed by atoms with van der Waals surface area (Å²) in [6, 6.07) is 0.396. The van der Waals surface area contributed by atoms with Gasteiger partial charge in [-0.15, -0.1) is 0 Å². The van der Waals surface area contributed by atoms with Gasteiger partial charge in [0.05, 0.1) is 18.2 Å². The normalized spacial score (nSPS) is 13.8. The Morgan fingerprint density at radius 2 is 1.89 bits per heavy atom. The zero-order valence-corrected chi connectivity index (χ0v) is 13.9. The van der Waals surface area contributed by atoms with Crippen molar-refractivity contribution in [2.75, 3.05) is 40.5 Å². The molecular formula is C14H30N2O2S. The summed E-state index contributed by atoms with van der Waals surface area (Å²) in [5.41, 5.74) is 5.69. The van der Waals surface area contributed by atoms with E-state index in [2.05, 4.69) is 25.7 Å². The Labute approximate surface area is 123 Å². The number of thiocarbonyl (C=S) groups is 1. The van der Waals surface area contributed by atoms with Crippen molar-refractivity contribution in [3.05, 3.63) is 0 Å². The van der Waals surface area contributed by atoms with Crippen LogP contribution in [-0.2, 0) is 9.47 Å². The van der Waals surface area contributed by atoms with Gasteiger partial charge in [-0.2, -0.15) is 0 Å². The van der Waals surface area contributed by atoms with E-state index in [9.17, 15) is 0 Å². The molecule has 2 N–H and O–H groups in total. The topological polar surface area (TPSA) is 47.7 Å². The van der Waals surface area contributed by atoms with Gasteiger partial charge in [-0.25, -0.2) is 0 Å². The molecule has 0 aliphatic carbocycles. The predicted octanol–water partition coefficient (Wildman–Crippen LogP) is 2.06. The number of rotatable bonds is 11. The van der Waals surface area contributed by atoms with Gasteiger partial charge in [0.25, 0.3) is 0 Å². The Hall–Kier alpha value is -0.230. The third-order valence-corrected chi connectivity index (χ3v) is 4.08. The van der Waals surface area contributed by atoms with Gasteiger partial charge in [0.1, 0.15) is 0 Å². The van der Waals surface area contributed by atoms with Gasteiger partial charge in [-0.3, -0.25) is 4.90 Å². The van der Waals surface area contributed by atoms with Crippen LogP contribution >= 0.6 is 12.2 Å². The number of nitrogens with two attached hydrogens (primary N) is 1. The first-order chi connectivity index (χ1) is 8.85. The van der Waals surface area contributed by atoms with E-state index in [1.807, 2.05) is 0 Å². The zero-order valence-electron chi connectivity index (χ0n) is 13.1. The van der Waals surface area contributed by atoms with Crippen molar-refractivity contribution in [3.63, 3.8) is 0 Å². The van der Waals surface area contributed by atoms with Gasteiger partial charge in [-0.1, -0.05) is 26.1 Å². The second-order valence-electron chi connectivity index (χ2n) is 5.68. The molecule has 0 aromatic carbocycles. The van der Waals surface area contributed by atoms with Crippen LogP contribution in [0.25, 0.3) is 0 Å². The van der Waals surface area contributed by atoms with Crippen LogP contribution in [0.4, 0.5) is 0 Å². The largest absolute Gasteiger partial charge is 0.393 e. The van der Waals surface area contributed by atoms with Gasteiger partial charge < -0.3 is 15.2 Å². The maximum atomic E-state index is 5.75. The molecule has 0 amide bonds. The van der Waals surface area contributed by atoms with Crippen molar-refractivity contribution in [1.82, 2.24) is 4.90 Å². The van der Waals surface area contributed by atoms with E-state index in [4.69, 9.17) is 27.4 Å². The van der Waals surface area contributed by atoms with Crippen LogP contribution in [-0.4, -0.2) is 56.5 Å². The molecule has 0 saturated carbocycles. The monoisotopic (exact) mass is 290 g/mol. The minimum Gasteiger partial charge on any atom is -0.393 e. The van der Waals surface area contributed by atoms with E-state index in [1.165, 1.54) is 0 Å². The van der Waals surface area contributed by atoms with Crippen LogP contribution in [0.2, 0.25) is 0 Å². The summed E-state index contributed by atoms with van der Waals surface area (Å²) in [5.74, 6) is 0. The third-order valence-electron chi connectivity index (χ3n) is 3.53. The first-order valence-corrected chi connectivity index (χ1v) is 7.27. The predicted molar refractivity (Wildman–Crippen MR) is 84.6 cm³/mol. The molecule has 0 aromatic heterocycles. The smallest absolute Gasteiger partial charge is 0.0784 e. The lowest BCUT2D eigenvalue weighted by molar-refractivity contribution is 0.0730. The van der Waals surface area contributed by atoms with Gasteiger partial charge in [0.2, 0.25) is 0 Å². The van der Waals surface area contributed by atoms with Crippen LogP contribution in [0.5, 0.6) is 0 Å². The van der Waals surface area contributed by atoms with E-state index in [0.717, 1.165) is 39.1 Å². The second kappa shape index (κ2) is 9.64. The summed E-state index contributed by atoms with van der Waals surface area (Å²) in [7, 11) is 3.47. The molecule has 5 heteroatoms. The van der Waals surface area contributed by atoms with Crippen molar-refractivity contribution in [3.8, 4) is 0 Å². The molecule has 0 aliphatic rings. The molecule has 4 nitrogen and oxygen atoms in total. The highest BCUT2D eigenvalue weighted by Crippen LogP contribution is 2.22. The summed E-state index contributed by atoms with van der Waals surface area (Å²) in [6.45, 7) is 9.81. The van der Waals surface area contributed by atoms with E-state index in [-0.39, 0.29) is 5.41 Å². The lowest BCUT2D eigenvalue weighted by Crippen LogP contribution is -2.40.